The van der Waals surface area contributed by atoms with Crippen LogP contribution < -0.4 is 9.47 Å². The number of ether oxygens (including phenoxy) is 2. The van der Waals surface area contributed by atoms with Crippen molar-refractivity contribution >= 4 is 11.0 Å². The van der Waals surface area contributed by atoms with Crippen LogP contribution in [0.5, 0.6) is 23.1 Å². The van der Waals surface area contributed by atoms with Crippen molar-refractivity contribution in [1.29, 1.82) is 5.26 Å². The van der Waals surface area contributed by atoms with Gasteiger partial charge >= 0.3 is 0 Å². The first-order chi connectivity index (χ1) is 15.2. The van der Waals surface area contributed by atoms with Crippen LogP contribution >= 0.6 is 0 Å². The van der Waals surface area contributed by atoms with Gasteiger partial charge in [0.2, 0.25) is 5.88 Å². The highest BCUT2D eigenvalue weighted by molar-refractivity contribution is 5.81. The van der Waals surface area contributed by atoms with Crippen LogP contribution in [0.3, 0.4) is 0 Å². The highest BCUT2D eigenvalue weighted by Gasteiger charge is 2.34. The molecule has 0 saturated heterocycles. The average molecular weight is 411 g/mol. The monoisotopic (exact) mass is 411 g/mol. The third kappa shape index (κ3) is 3.76. The van der Waals surface area contributed by atoms with E-state index < -0.39 is 0 Å². The summed E-state index contributed by atoms with van der Waals surface area (Å²) in [4.78, 5) is 10.5. The molecule has 2 aromatic heterocycles. The van der Waals surface area contributed by atoms with Crippen LogP contribution in [0.4, 0.5) is 0 Å². The fraction of sp³-hybridized carbons (Fsp3) is 0.208. The molecule has 0 unspecified atom stereocenters. The van der Waals surface area contributed by atoms with Crippen molar-refractivity contribution in [1.82, 2.24) is 19.4 Å². The van der Waals surface area contributed by atoms with Gasteiger partial charge in [0.1, 0.15) is 29.1 Å². The number of hydrogen-bond acceptors (Lipinski definition) is 6. The Labute approximate surface area is 180 Å². The Hall–Kier alpha value is -4.05. The van der Waals surface area contributed by atoms with E-state index in [2.05, 4.69) is 20.7 Å². The molecule has 0 radical (unpaired) electrons. The molecule has 2 heterocycles. The van der Waals surface area contributed by atoms with E-state index in [1.54, 1.807) is 4.90 Å². The van der Waals surface area contributed by atoms with Crippen LogP contribution in [-0.2, 0) is 0 Å². The van der Waals surface area contributed by atoms with Gasteiger partial charge < -0.3 is 18.9 Å². The van der Waals surface area contributed by atoms with Crippen LogP contribution in [0.15, 0.2) is 73.2 Å². The maximum atomic E-state index is 9.09. The first kappa shape index (κ1) is 18.9. The zero-order chi connectivity index (χ0) is 21.2. The first-order valence-electron chi connectivity index (χ1n) is 10.2. The summed E-state index contributed by atoms with van der Waals surface area (Å²) in [6.45, 7) is 0. The van der Waals surface area contributed by atoms with Gasteiger partial charge in [-0.3, -0.25) is 0 Å². The Bertz CT molecular complexity index is 1220. The molecule has 1 saturated carbocycles. The van der Waals surface area contributed by atoms with Gasteiger partial charge in [0.15, 0.2) is 6.19 Å². The minimum Gasteiger partial charge on any atom is -0.457 e. The number of benzene rings is 2. The molecule has 7 nitrogen and oxygen atoms in total. The Morgan fingerprint density at radius 3 is 2.32 bits per heavy atom. The van der Waals surface area contributed by atoms with Crippen molar-refractivity contribution in [3.8, 4) is 29.3 Å². The normalized spacial score (nSPS) is 17.5. The van der Waals surface area contributed by atoms with E-state index in [-0.39, 0.29) is 6.04 Å². The Kier molecular flexibility index (Phi) is 4.89. The van der Waals surface area contributed by atoms with E-state index in [1.807, 2.05) is 73.9 Å². The summed E-state index contributed by atoms with van der Waals surface area (Å²) < 4.78 is 14.1. The summed E-state index contributed by atoms with van der Waals surface area (Å²) in [5, 5.41) is 9.09. The van der Waals surface area contributed by atoms with Crippen LogP contribution in [0.2, 0.25) is 0 Å². The van der Waals surface area contributed by atoms with Gasteiger partial charge in [0, 0.05) is 25.3 Å². The predicted molar refractivity (Wildman–Crippen MR) is 116 cm³/mol. The Morgan fingerprint density at radius 1 is 0.935 bits per heavy atom. The van der Waals surface area contributed by atoms with Crippen molar-refractivity contribution in [2.24, 2.45) is 0 Å². The third-order valence-corrected chi connectivity index (χ3v) is 5.67. The SMILES string of the molecule is CN(C#N)C1CC(n2ccc3ncnc(Oc4ccc(Oc5ccccc5)cc4)c32)C1. The van der Waals surface area contributed by atoms with Gasteiger partial charge in [-0.25, -0.2) is 4.98 Å². The first-order valence-corrected chi connectivity index (χ1v) is 10.2. The average Bonchev–Trinajstić information content (AvgIpc) is 3.19. The van der Waals surface area contributed by atoms with Crippen molar-refractivity contribution < 1.29 is 9.47 Å². The van der Waals surface area contributed by atoms with Crippen molar-refractivity contribution in [2.45, 2.75) is 24.9 Å². The molecule has 0 aliphatic heterocycles. The Morgan fingerprint density at radius 2 is 1.61 bits per heavy atom. The fourth-order valence-corrected chi connectivity index (χ4v) is 3.84. The molecule has 154 valence electrons. The molecule has 0 N–H and O–H groups in total. The van der Waals surface area contributed by atoms with E-state index in [9.17, 15) is 0 Å². The zero-order valence-corrected chi connectivity index (χ0v) is 17.0. The standard InChI is InChI=1S/C24H21N5O2/c1-28(15-25)17-13-18(14-17)29-12-11-22-23(29)24(27-16-26-22)31-21-9-7-20(8-10-21)30-19-5-3-2-4-6-19/h2-12,16-18H,13-14H2,1H3. The molecule has 1 aliphatic carbocycles. The number of fused-ring (bicyclic) bond motifs is 1. The van der Waals surface area contributed by atoms with Gasteiger partial charge in [0.25, 0.3) is 0 Å². The molecule has 4 aromatic rings. The maximum Gasteiger partial charge on any atom is 0.247 e. The number of nitrogens with zero attached hydrogens (tertiary/aromatic N) is 5. The molecule has 2 aromatic carbocycles. The largest absolute Gasteiger partial charge is 0.457 e. The highest BCUT2D eigenvalue weighted by Crippen LogP contribution is 2.39. The molecular weight excluding hydrogens is 390 g/mol. The maximum absolute atomic E-state index is 9.09. The number of aromatic nitrogens is 3. The number of hydrogen-bond donors (Lipinski definition) is 0. The van der Waals surface area contributed by atoms with Crippen LogP contribution in [0.25, 0.3) is 11.0 Å². The molecule has 31 heavy (non-hydrogen) atoms. The summed E-state index contributed by atoms with van der Waals surface area (Å²) in [7, 11) is 1.83. The smallest absolute Gasteiger partial charge is 0.247 e. The van der Waals surface area contributed by atoms with Crippen LogP contribution in [-0.4, -0.2) is 32.5 Å². The molecule has 1 fully saturated rings. The summed E-state index contributed by atoms with van der Waals surface area (Å²) in [6.07, 6.45) is 7.56. The van der Waals surface area contributed by atoms with Crippen LogP contribution in [0.1, 0.15) is 18.9 Å². The molecule has 0 atom stereocenters. The molecule has 0 spiro atoms. The van der Waals surface area contributed by atoms with Gasteiger partial charge in [0.05, 0.1) is 5.52 Å². The highest BCUT2D eigenvalue weighted by atomic mass is 16.5. The van der Waals surface area contributed by atoms with E-state index in [0.29, 0.717) is 17.7 Å². The summed E-state index contributed by atoms with van der Waals surface area (Å²) in [5.74, 6) is 2.71. The van der Waals surface area contributed by atoms with Crippen LogP contribution in [0, 0.1) is 11.5 Å². The number of rotatable bonds is 6. The minimum atomic E-state index is 0.276. The van der Waals surface area contributed by atoms with Crippen molar-refractivity contribution in [2.75, 3.05) is 7.05 Å². The second kappa shape index (κ2) is 8.00. The quantitative estimate of drug-likeness (QED) is 0.323. The molecule has 5 rings (SSSR count). The number of para-hydroxylation sites is 1. The lowest BCUT2D eigenvalue weighted by molar-refractivity contribution is 0.154. The zero-order valence-electron chi connectivity index (χ0n) is 17.0. The minimum absolute atomic E-state index is 0.276. The lowest BCUT2D eigenvalue weighted by Gasteiger charge is -2.39. The fourth-order valence-electron chi connectivity index (χ4n) is 3.84. The molecule has 0 amide bonds. The Balaban J connectivity index is 1.35. The predicted octanol–water partition coefficient (Wildman–Crippen LogP) is 5.13. The lowest BCUT2D eigenvalue weighted by atomic mass is 9.85. The second-order valence-electron chi connectivity index (χ2n) is 7.61. The topological polar surface area (TPSA) is 76.2 Å². The molecule has 7 heteroatoms. The summed E-state index contributed by atoms with van der Waals surface area (Å²) in [5.41, 5.74) is 1.71. The number of nitriles is 1. The van der Waals surface area contributed by atoms with E-state index in [1.165, 1.54) is 6.33 Å². The molecule has 0 bridgehead atoms. The van der Waals surface area contributed by atoms with Gasteiger partial charge in [-0.1, -0.05) is 18.2 Å². The molecule has 1 aliphatic rings. The second-order valence-corrected chi connectivity index (χ2v) is 7.61. The third-order valence-electron chi connectivity index (χ3n) is 5.67. The van der Waals surface area contributed by atoms with Crippen molar-refractivity contribution in [3.05, 3.63) is 73.2 Å². The van der Waals surface area contributed by atoms with Crippen molar-refractivity contribution in [3.63, 3.8) is 0 Å². The molecular formula is C24H21N5O2. The summed E-state index contributed by atoms with van der Waals surface area (Å²) >= 11 is 0. The van der Waals surface area contributed by atoms with Gasteiger partial charge in [-0.15, -0.1) is 0 Å². The lowest BCUT2D eigenvalue weighted by Crippen LogP contribution is -2.40. The van der Waals surface area contributed by atoms with Gasteiger partial charge in [-0.05, 0) is 55.3 Å². The van der Waals surface area contributed by atoms with Gasteiger partial charge in [-0.2, -0.15) is 10.2 Å². The van der Waals surface area contributed by atoms with E-state index in [4.69, 9.17) is 14.7 Å². The summed E-state index contributed by atoms with van der Waals surface area (Å²) in [6, 6.07) is 19.7. The van der Waals surface area contributed by atoms with E-state index in [0.717, 1.165) is 35.4 Å². The van der Waals surface area contributed by atoms with E-state index >= 15 is 0 Å².